The summed E-state index contributed by atoms with van der Waals surface area (Å²) in [6.45, 7) is 4.29. The van der Waals surface area contributed by atoms with E-state index in [1.54, 1.807) is 0 Å². The molecule has 0 bridgehead atoms. The summed E-state index contributed by atoms with van der Waals surface area (Å²) in [7, 11) is 0. The molecule has 0 fully saturated rings. The number of aromatic nitrogens is 3. The maximum Gasteiger partial charge on any atom is 0.110 e. The Morgan fingerprint density at radius 3 is 3.00 bits per heavy atom. The smallest absolute Gasteiger partial charge is 0.110 e. The lowest BCUT2D eigenvalue weighted by molar-refractivity contribution is 0.815. The van der Waals surface area contributed by atoms with Crippen molar-refractivity contribution in [3.8, 4) is 0 Å². The van der Waals surface area contributed by atoms with Crippen molar-refractivity contribution < 1.29 is 0 Å². The predicted molar refractivity (Wildman–Crippen MR) is 44.5 cm³/mol. The zero-order chi connectivity index (χ0) is 7.84. The highest BCUT2D eigenvalue weighted by molar-refractivity contribution is 5.77. The maximum absolute atomic E-state index is 4.14. The minimum atomic E-state index is 0.499. The van der Waals surface area contributed by atoms with E-state index >= 15 is 0 Å². The van der Waals surface area contributed by atoms with E-state index in [4.69, 9.17) is 0 Å². The number of hydrogen-bond acceptors (Lipinski definition) is 1. The van der Waals surface area contributed by atoms with E-state index in [1.807, 2.05) is 12.3 Å². The summed E-state index contributed by atoms with van der Waals surface area (Å²) in [5, 5.41) is 7.16. The molecule has 2 N–H and O–H groups in total. The molecule has 11 heavy (non-hydrogen) atoms. The van der Waals surface area contributed by atoms with E-state index in [1.165, 1.54) is 5.69 Å². The largest absolute Gasteiger partial charge is 0.358 e. The van der Waals surface area contributed by atoms with Gasteiger partial charge in [-0.15, -0.1) is 0 Å². The van der Waals surface area contributed by atoms with Crippen molar-refractivity contribution in [1.29, 1.82) is 0 Å². The minimum Gasteiger partial charge on any atom is -0.358 e. The number of fused-ring (bicyclic) bond motifs is 1. The van der Waals surface area contributed by atoms with Crippen molar-refractivity contribution in [2.24, 2.45) is 0 Å². The van der Waals surface area contributed by atoms with Gasteiger partial charge in [0.05, 0.1) is 11.2 Å². The second-order valence-corrected chi connectivity index (χ2v) is 3.03. The summed E-state index contributed by atoms with van der Waals surface area (Å²) in [5.74, 6) is 0.499. The highest BCUT2D eigenvalue weighted by atomic mass is 15.1. The fraction of sp³-hybridized carbons (Fsp3) is 0.375. The van der Waals surface area contributed by atoms with Crippen LogP contribution in [0.2, 0.25) is 0 Å². The van der Waals surface area contributed by atoms with Crippen molar-refractivity contribution in [2.45, 2.75) is 19.8 Å². The highest BCUT2D eigenvalue weighted by Gasteiger charge is 2.08. The van der Waals surface area contributed by atoms with Gasteiger partial charge in [0.25, 0.3) is 0 Å². The molecule has 0 atom stereocenters. The van der Waals surface area contributed by atoms with Gasteiger partial charge in [-0.25, -0.2) is 0 Å². The van der Waals surface area contributed by atoms with Crippen LogP contribution >= 0.6 is 0 Å². The third-order valence-corrected chi connectivity index (χ3v) is 1.87. The first-order valence-corrected chi connectivity index (χ1v) is 3.80. The molecule has 0 unspecified atom stereocenters. The monoisotopic (exact) mass is 149 g/mol. The van der Waals surface area contributed by atoms with Crippen LogP contribution in [-0.4, -0.2) is 15.2 Å². The van der Waals surface area contributed by atoms with Crippen molar-refractivity contribution in [2.75, 3.05) is 0 Å². The summed E-state index contributed by atoms with van der Waals surface area (Å²) >= 11 is 0. The van der Waals surface area contributed by atoms with E-state index in [-0.39, 0.29) is 0 Å². The summed E-state index contributed by atoms with van der Waals surface area (Å²) in [6.07, 6.45) is 1.91. The number of aromatic amines is 2. The van der Waals surface area contributed by atoms with E-state index in [0.29, 0.717) is 5.92 Å². The molecule has 2 rings (SSSR count). The Kier molecular flexibility index (Phi) is 1.24. The molecule has 0 aliphatic carbocycles. The van der Waals surface area contributed by atoms with Crippen molar-refractivity contribution in [1.82, 2.24) is 15.2 Å². The van der Waals surface area contributed by atoms with Gasteiger partial charge in [0, 0.05) is 6.20 Å². The van der Waals surface area contributed by atoms with E-state index in [9.17, 15) is 0 Å². The highest BCUT2D eigenvalue weighted by Crippen LogP contribution is 2.20. The topological polar surface area (TPSA) is 44.5 Å². The lowest BCUT2D eigenvalue weighted by Gasteiger charge is -1.98. The maximum atomic E-state index is 4.14. The molecule has 0 aliphatic heterocycles. The first-order chi connectivity index (χ1) is 5.29. The quantitative estimate of drug-likeness (QED) is 0.640. The summed E-state index contributed by atoms with van der Waals surface area (Å²) in [4.78, 5) is 3.16. The van der Waals surface area contributed by atoms with Crippen LogP contribution in [0.5, 0.6) is 0 Å². The van der Waals surface area contributed by atoms with Crippen LogP contribution in [0.4, 0.5) is 0 Å². The molecule has 3 heteroatoms. The molecule has 0 spiro atoms. The number of nitrogens with zero attached hydrogens (tertiary/aromatic N) is 1. The third kappa shape index (κ3) is 0.843. The van der Waals surface area contributed by atoms with E-state index in [2.05, 4.69) is 29.0 Å². The Labute approximate surface area is 64.8 Å². The number of hydrogen-bond donors (Lipinski definition) is 2. The standard InChI is InChI=1S/C8H11N3/c1-5(2)7-8-6(10-11-7)3-4-9-8/h3-5,9H,1-2H3,(H,10,11). The number of nitrogens with one attached hydrogen (secondary N) is 2. The molecule has 2 heterocycles. The molecule has 0 saturated carbocycles. The Bertz CT molecular complexity index is 356. The predicted octanol–water partition coefficient (Wildman–Crippen LogP) is 2.01. The molecule has 0 saturated heterocycles. The second-order valence-electron chi connectivity index (χ2n) is 3.03. The summed E-state index contributed by atoms with van der Waals surface area (Å²) in [5.41, 5.74) is 3.35. The van der Waals surface area contributed by atoms with Gasteiger partial charge in [-0.05, 0) is 12.0 Å². The van der Waals surface area contributed by atoms with E-state index in [0.717, 1.165) is 11.0 Å². The summed E-state index contributed by atoms with van der Waals surface area (Å²) < 4.78 is 0. The number of H-pyrrole nitrogens is 2. The second kappa shape index (κ2) is 2.12. The van der Waals surface area contributed by atoms with Gasteiger partial charge in [-0.2, -0.15) is 5.10 Å². The Morgan fingerprint density at radius 1 is 1.45 bits per heavy atom. The Balaban J connectivity index is 2.68. The van der Waals surface area contributed by atoms with Crippen LogP contribution < -0.4 is 0 Å². The Hall–Kier alpha value is -1.25. The molecule has 0 amide bonds. The van der Waals surface area contributed by atoms with Gasteiger partial charge in [0.15, 0.2) is 0 Å². The van der Waals surface area contributed by atoms with Crippen molar-refractivity contribution in [3.63, 3.8) is 0 Å². The molecule has 0 aliphatic rings. The first-order valence-electron chi connectivity index (χ1n) is 3.80. The average molecular weight is 149 g/mol. The molecule has 3 nitrogen and oxygen atoms in total. The fourth-order valence-corrected chi connectivity index (χ4v) is 1.26. The van der Waals surface area contributed by atoms with Gasteiger partial charge in [0.2, 0.25) is 0 Å². The van der Waals surface area contributed by atoms with Crippen LogP contribution in [0.15, 0.2) is 12.3 Å². The SMILES string of the molecule is CC(C)c1[nH]nc2cc[nH]c12. The lowest BCUT2D eigenvalue weighted by Crippen LogP contribution is -1.87. The fourth-order valence-electron chi connectivity index (χ4n) is 1.26. The minimum absolute atomic E-state index is 0.499. The van der Waals surface area contributed by atoms with Gasteiger partial charge in [-0.1, -0.05) is 13.8 Å². The molecule has 0 aromatic carbocycles. The van der Waals surface area contributed by atoms with Crippen LogP contribution in [0.25, 0.3) is 11.0 Å². The van der Waals surface area contributed by atoms with Gasteiger partial charge < -0.3 is 4.98 Å². The normalized spacial score (nSPS) is 11.5. The molecule has 58 valence electrons. The molecular formula is C8H11N3. The average Bonchev–Trinajstić information content (AvgIpc) is 2.41. The third-order valence-electron chi connectivity index (χ3n) is 1.87. The van der Waals surface area contributed by atoms with Gasteiger partial charge >= 0.3 is 0 Å². The molecule has 2 aromatic rings. The van der Waals surface area contributed by atoms with Crippen LogP contribution in [0, 0.1) is 0 Å². The zero-order valence-electron chi connectivity index (χ0n) is 6.68. The zero-order valence-corrected chi connectivity index (χ0v) is 6.68. The lowest BCUT2D eigenvalue weighted by atomic mass is 10.1. The van der Waals surface area contributed by atoms with Crippen LogP contribution in [0.3, 0.4) is 0 Å². The van der Waals surface area contributed by atoms with Gasteiger partial charge in [0.1, 0.15) is 5.52 Å². The summed E-state index contributed by atoms with van der Waals surface area (Å²) in [6, 6.07) is 1.97. The van der Waals surface area contributed by atoms with Crippen molar-refractivity contribution in [3.05, 3.63) is 18.0 Å². The first kappa shape index (κ1) is 6.46. The van der Waals surface area contributed by atoms with Crippen LogP contribution in [0.1, 0.15) is 25.5 Å². The molecule has 2 aromatic heterocycles. The van der Waals surface area contributed by atoms with Gasteiger partial charge in [-0.3, -0.25) is 5.10 Å². The molecule has 0 radical (unpaired) electrons. The Morgan fingerprint density at radius 2 is 2.27 bits per heavy atom. The van der Waals surface area contributed by atoms with E-state index < -0.39 is 0 Å². The van der Waals surface area contributed by atoms with Crippen molar-refractivity contribution >= 4 is 11.0 Å². The van der Waals surface area contributed by atoms with Crippen LogP contribution in [-0.2, 0) is 0 Å². The molecular weight excluding hydrogens is 138 g/mol. The number of rotatable bonds is 1.